The molecule has 0 fully saturated rings. The van der Waals surface area contributed by atoms with Crippen molar-refractivity contribution in [1.29, 1.82) is 0 Å². The fourth-order valence-electron chi connectivity index (χ4n) is 2.59. The van der Waals surface area contributed by atoms with Crippen LogP contribution in [0, 0.1) is 0 Å². The van der Waals surface area contributed by atoms with Crippen LogP contribution in [0.5, 0.6) is 0 Å². The van der Waals surface area contributed by atoms with Gasteiger partial charge in [0.25, 0.3) is 0 Å². The van der Waals surface area contributed by atoms with Crippen molar-refractivity contribution in [3.05, 3.63) is 0 Å². The summed E-state index contributed by atoms with van der Waals surface area (Å²) in [5, 5.41) is 0. The molecule has 4 heteroatoms. The van der Waals surface area contributed by atoms with Crippen molar-refractivity contribution in [3.63, 3.8) is 0 Å². The van der Waals surface area contributed by atoms with Gasteiger partial charge in [0.1, 0.15) is 6.04 Å². The number of aliphatic imine (C=N–C) groups is 1. The van der Waals surface area contributed by atoms with Gasteiger partial charge in [-0.3, -0.25) is 9.79 Å². The third kappa shape index (κ3) is 6.19. The molecule has 4 nitrogen and oxygen atoms in total. The molecule has 1 aliphatic rings. The van der Waals surface area contributed by atoms with E-state index in [2.05, 4.69) is 11.7 Å². The van der Waals surface area contributed by atoms with Crippen molar-refractivity contribution in [3.8, 4) is 0 Å². The molecule has 0 amide bonds. The lowest BCUT2D eigenvalue weighted by Gasteiger charge is -2.12. The first-order valence-electron chi connectivity index (χ1n) is 7.56. The molecule has 0 saturated heterocycles. The average molecular weight is 268 g/mol. The number of hydrogen-bond acceptors (Lipinski definition) is 4. The number of unbranched alkanes of at least 4 members (excludes halogenated alkanes) is 1. The van der Waals surface area contributed by atoms with Crippen LogP contribution in [0.25, 0.3) is 0 Å². The third-order valence-electron chi connectivity index (χ3n) is 3.83. The molecule has 0 aromatic carbocycles. The van der Waals surface area contributed by atoms with Crippen molar-refractivity contribution in [1.82, 2.24) is 0 Å². The molecule has 1 rings (SSSR count). The highest BCUT2D eigenvalue weighted by molar-refractivity contribution is 5.84. The van der Waals surface area contributed by atoms with Crippen molar-refractivity contribution in [2.45, 2.75) is 76.8 Å². The first kappa shape index (κ1) is 16.2. The van der Waals surface area contributed by atoms with Crippen molar-refractivity contribution >= 4 is 11.7 Å². The molecule has 19 heavy (non-hydrogen) atoms. The Morgan fingerprint density at radius 3 is 2.95 bits per heavy atom. The SMILES string of the molecule is CCC1=NC(CCCCC(N)C(=O)OC)CCCC1. The molecular formula is C15H28N2O2. The highest BCUT2D eigenvalue weighted by atomic mass is 16.5. The standard InChI is InChI=1S/C15H28N2O2/c1-3-12-8-4-5-9-13(17-12)10-6-7-11-14(16)15(18)19-2/h13-14H,3-11,16H2,1-2H3. The topological polar surface area (TPSA) is 64.7 Å². The van der Waals surface area contributed by atoms with Gasteiger partial charge in [-0.1, -0.05) is 26.2 Å². The summed E-state index contributed by atoms with van der Waals surface area (Å²) in [5.41, 5.74) is 7.10. The van der Waals surface area contributed by atoms with Gasteiger partial charge in [0.2, 0.25) is 0 Å². The zero-order valence-electron chi connectivity index (χ0n) is 12.4. The molecule has 2 atom stereocenters. The van der Waals surface area contributed by atoms with Crippen LogP contribution in [-0.4, -0.2) is 30.9 Å². The van der Waals surface area contributed by atoms with Crippen molar-refractivity contribution < 1.29 is 9.53 Å². The predicted molar refractivity (Wildman–Crippen MR) is 78.4 cm³/mol. The predicted octanol–water partition coefficient (Wildman–Crippen LogP) is 2.84. The lowest BCUT2D eigenvalue weighted by Crippen LogP contribution is -2.31. The van der Waals surface area contributed by atoms with Crippen molar-refractivity contribution in [2.24, 2.45) is 10.7 Å². The molecule has 2 N–H and O–H groups in total. The largest absolute Gasteiger partial charge is 0.468 e. The summed E-state index contributed by atoms with van der Waals surface area (Å²) >= 11 is 0. The summed E-state index contributed by atoms with van der Waals surface area (Å²) in [7, 11) is 1.38. The van der Waals surface area contributed by atoms with Crippen LogP contribution in [0.15, 0.2) is 4.99 Å². The number of nitrogens with two attached hydrogens (primary N) is 1. The third-order valence-corrected chi connectivity index (χ3v) is 3.83. The van der Waals surface area contributed by atoms with Crippen LogP contribution in [-0.2, 0) is 9.53 Å². The Labute approximate surface area is 116 Å². The Balaban J connectivity index is 2.22. The first-order valence-corrected chi connectivity index (χ1v) is 7.56. The maximum absolute atomic E-state index is 11.2. The smallest absolute Gasteiger partial charge is 0.322 e. The number of nitrogens with zero attached hydrogens (tertiary/aromatic N) is 1. The Kier molecular flexibility index (Phi) is 7.72. The number of esters is 1. The van der Waals surface area contributed by atoms with E-state index in [1.807, 2.05) is 0 Å². The second kappa shape index (κ2) is 9.08. The van der Waals surface area contributed by atoms with Gasteiger partial charge in [-0.05, 0) is 38.5 Å². The molecule has 0 aliphatic carbocycles. The zero-order chi connectivity index (χ0) is 14.1. The minimum Gasteiger partial charge on any atom is -0.468 e. The zero-order valence-corrected chi connectivity index (χ0v) is 12.4. The fraction of sp³-hybridized carbons (Fsp3) is 0.867. The fourth-order valence-corrected chi connectivity index (χ4v) is 2.59. The summed E-state index contributed by atoms with van der Waals surface area (Å²) < 4.78 is 4.62. The minimum atomic E-state index is -0.464. The van der Waals surface area contributed by atoms with Gasteiger partial charge in [-0.25, -0.2) is 0 Å². The molecule has 0 radical (unpaired) electrons. The second-order valence-electron chi connectivity index (χ2n) is 5.36. The number of rotatable bonds is 7. The maximum atomic E-state index is 11.2. The number of hydrogen-bond donors (Lipinski definition) is 1. The maximum Gasteiger partial charge on any atom is 0.322 e. The van der Waals surface area contributed by atoms with E-state index in [1.54, 1.807) is 0 Å². The van der Waals surface area contributed by atoms with Crippen LogP contribution >= 0.6 is 0 Å². The molecule has 110 valence electrons. The van der Waals surface area contributed by atoms with Crippen LogP contribution in [0.1, 0.15) is 64.7 Å². The Morgan fingerprint density at radius 1 is 1.47 bits per heavy atom. The lowest BCUT2D eigenvalue weighted by atomic mass is 10.0. The van der Waals surface area contributed by atoms with E-state index < -0.39 is 6.04 Å². The second-order valence-corrected chi connectivity index (χ2v) is 5.36. The summed E-state index contributed by atoms with van der Waals surface area (Å²) in [6.45, 7) is 2.19. The molecule has 0 spiro atoms. The number of carbonyl (C=O) groups excluding carboxylic acids is 1. The molecule has 0 saturated carbocycles. The summed E-state index contributed by atoms with van der Waals surface area (Å²) in [5.74, 6) is -0.305. The minimum absolute atomic E-state index is 0.305. The average Bonchev–Trinajstić information content (AvgIpc) is 2.67. The summed E-state index contributed by atoms with van der Waals surface area (Å²) in [6.07, 6.45) is 9.97. The van der Waals surface area contributed by atoms with Gasteiger partial charge in [0.05, 0.1) is 7.11 Å². The van der Waals surface area contributed by atoms with E-state index in [9.17, 15) is 4.79 Å². The van der Waals surface area contributed by atoms with Gasteiger partial charge < -0.3 is 10.5 Å². The number of ether oxygens (including phenoxy) is 1. The highest BCUT2D eigenvalue weighted by Gasteiger charge is 2.15. The monoisotopic (exact) mass is 268 g/mol. The normalized spacial score (nSPS) is 21.4. The number of methoxy groups -OCH3 is 1. The molecule has 0 aromatic rings. The molecule has 1 aliphatic heterocycles. The van der Waals surface area contributed by atoms with E-state index in [4.69, 9.17) is 10.7 Å². The van der Waals surface area contributed by atoms with Crippen molar-refractivity contribution in [2.75, 3.05) is 7.11 Å². The molecule has 1 heterocycles. The van der Waals surface area contributed by atoms with Crippen LogP contribution in [0.3, 0.4) is 0 Å². The van der Waals surface area contributed by atoms with Gasteiger partial charge >= 0.3 is 5.97 Å². The van der Waals surface area contributed by atoms with Crippen LogP contribution < -0.4 is 5.73 Å². The Morgan fingerprint density at radius 2 is 2.26 bits per heavy atom. The van der Waals surface area contributed by atoms with E-state index in [0.717, 1.165) is 25.7 Å². The first-order chi connectivity index (χ1) is 9.17. The van der Waals surface area contributed by atoms with Gasteiger partial charge in [0.15, 0.2) is 0 Å². The van der Waals surface area contributed by atoms with Gasteiger partial charge in [-0.15, -0.1) is 0 Å². The summed E-state index contributed by atoms with van der Waals surface area (Å²) in [4.78, 5) is 16.0. The van der Waals surface area contributed by atoms with E-state index in [-0.39, 0.29) is 5.97 Å². The number of carbonyl (C=O) groups is 1. The molecule has 2 unspecified atom stereocenters. The molecular weight excluding hydrogens is 240 g/mol. The van der Waals surface area contributed by atoms with Crippen LogP contribution in [0.2, 0.25) is 0 Å². The van der Waals surface area contributed by atoms with Gasteiger partial charge in [-0.2, -0.15) is 0 Å². The summed E-state index contributed by atoms with van der Waals surface area (Å²) in [6, 6.07) is 0.0284. The van der Waals surface area contributed by atoms with Crippen LogP contribution in [0.4, 0.5) is 0 Å². The molecule has 0 bridgehead atoms. The van der Waals surface area contributed by atoms with E-state index in [1.165, 1.54) is 38.5 Å². The van der Waals surface area contributed by atoms with Gasteiger partial charge in [0, 0.05) is 11.8 Å². The molecule has 0 aromatic heterocycles. The van der Waals surface area contributed by atoms with E-state index >= 15 is 0 Å². The Bertz CT molecular complexity index is 303. The van der Waals surface area contributed by atoms with E-state index in [0.29, 0.717) is 12.5 Å². The quantitative estimate of drug-likeness (QED) is 0.570. The lowest BCUT2D eigenvalue weighted by molar-refractivity contribution is -0.142. The highest BCUT2D eigenvalue weighted by Crippen LogP contribution is 2.19. The Hall–Kier alpha value is -0.900.